The van der Waals surface area contributed by atoms with Crippen molar-refractivity contribution in [2.45, 2.75) is 13.1 Å². The molecular weight excluding hydrogens is 386 g/mol. The van der Waals surface area contributed by atoms with Gasteiger partial charge in [0.05, 0.1) is 0 Å². The smallest absolute Gasteiger partial charge is 0.270 e. The number of carbonyl (C=O) groups excluding carboxylic acids is 2. The topological polar surface area (TPSA) is 115 Å². The number of carbonyl (C=O) groups is 2. The van der Waals surface area contributed by atoms with E-state index in [1.54, 1.807) is 18.5 Å². The summed E-state index contributed by atoms with van der Waals surface area (Å²) < 4.78 is 11.0. The number of pyridine rings is 1. The third-order valence-corrected chi connectivity index (χ3v) is 4.37. The van der Waals surface area contributed by atoms with Crippen molar-refractivity contribution in [1.82, 2.24) is 25.6 Å². The maximum Gasteiger partial charge on any atom is 0.270 e. The SMILES string of the molecule is O=C(NCc1cccnc1)c1cc(C(=O)NCc2ccc3c(c2)OCCO3)ncn1. The van der Waals surface area contributed by atoms with E-state index in [9.17, 15) is 9.59 Å². The molecule has 4 rings (SSSR count). The van der Waals surface area contributed by atoms with E-state index in [0.717, 1.165) is 11.1 Å². The van der Waals surface area contributed by atoms with Crippen LogP contribution in [0.25, 0.3) is 0 Å². The van der Waals surface area contributed by atoms with Crippen LogP contribution in [0.5, 0.6) is 11.5 Å². The molecule has 9 nitrogen and oxygen atoms in total. The van der Waals surface area contributed by atoms with Gasteiger partial charge in [0.2, 0.25) is 0 Å². The molecule has 30 heavy (non-hydrogen) atoms. The van der Waals surface area contributed by atoms with Crippen LogP contribution in [0.2, 0.25) is 0 Å². The van der Waals surface area contributed by atoms with Gasteiger partial charge in [0.15, 0.2) is 11.5 Å². The van der Waals surface area contributed by atoms with Crippen LogP contribution in [0, 0.1) is 0 Å². The minimum absolute atomic E-state index is 0.106. The van der Waals surface area contributed by atoms with Crippen molar-refractivity contribution in [2.24, 2.45) is 0 Å². The summed E-state index contributed by atoms with van der Waals surface area (Å²) in [4.78, 5) is 36.7. The third-order valence-electron chi connectivity index (χ3n) is 4.37. The van der Waals surface area contributed by atoms with E-state index < -0.39 is 11.8 Å². The fraction of sp³-hybridized carbons (Fsp3) is 0.190. The predicted molar refractivity (Wildman–Crippen MR) is 106 cm³/mol. The highest BCUT2D eigenvalue weighted by molar-refractivity contribution is 5.97. The molecular formula is C21H19N5O4. The molecule has 1 aliphatic heterocycles. The van der Waals surface area contributed by atoms with Crippen LogP contribution in [-0.4, -0.2) is 40.0 Å². The van der Waals surface area contributed by atoms with E-state index in [-0.39, 0.29) is 17.9 Å². The van der Waals surface area contributed by atoms with E-state index in [4.69, 9.17) is 9.47 Å². The third kappa shape index (κ3) is 4.69. The van der Waals surface area contributed by atoms with Gasteiger partial charge in [-0.1, -0.05) is 12.1 Å². The van der Waals surface area contributed by atoms with Crippen LogP contribution < -0.4 is 20.1 Å². The molecule has 3 heterocycles. The van der Waals surface area contributed by atoms with Crippen molar-refractivity contribution < 1.29 is 19.1 Å². The first kappa shape index (κ1) is 19.3. The number of hydrogen-bond donors (Lipinski definition) is 2. The maximum atomic E-state index is 12.5. The Bertz CT molecular complexity index is 1060. The number of fused-ring (bicyclic) bond motifs is 1. The van der Waals surface area contributed by atoms with Crippen LogP contribution in [0.1, 0.15) is 32.1 Å². The van der Waals surface area contributed by atoms with E-state index >= 15 is 0 Å². The zero-order valence-corrected chi connectivity index (χ0v) is 16.0. The Hall–Kier alpha value is -4.01. The number of nitrogens with zero attached hydrogens (tertiary/aromatic N) is 3. The van der Waals surface area contributed by atoms with Crippen molar-refractivity contribution in [3.63, 3.8) is 0 Å². The van der Waals surface area contributed by atoms with E-state index in [2.05, 4.69) is 25.6 Å². The number of hydrogen-bond acceptors (Lipinski definition) is 7. The van der Waals surface area contributed by atoms with Crippen LogP contribution in [0.3, 0.4) is 0 Å². The summed E-state index contributed by atoms with van der Waals surface area (Å²) in [6.45, 7) is 1.61. The largest absolute Gasteiger partial charge is 0.486 e. The number of ether oxygens (including phenoxy) is 2. The van der Waals surface area contributed by atoms with Crippen molar-refractivity contribution >= 4 is 11.8 Å². The molecule has 0 fully saturated rings. The summed E-state index contributed by atoms with van der Waals surface area (Å²) >= 11 is 0. The number of aromatic nitrogens is 3. The van der Waals surface area contributed by atoms with Crippen LogP contribution >= 0.6 is 0 Å². The van der Waals surface area contributed by atoms with E-state index in [0.29, 0.717) is 31.3 Å². The Morgan fingerprint density at radius 3 is 2.27 bits per heavy atom. The highest BCUT2D eigenvalue weighted by Gasteiger charge is 2.15. The quantitative estimate of drug-likeness (QED) is 0.639. The lowest BCUT2D eigenvalue weighted by Gasteiger charge is -2.18. The minimum atomic E-state index is -0.409. The van der Waals surface area contributed by atoms with Gasteiger partial charge in [-0.25, -0.2) is 9.97 Å². The Morgan fingerprint density at radius 2 is 1.57 bits per heavy atom. The molecule has 0 atom stereocenters. The number of amides is 2. The van der Waals surface area contributed by atoms with Gasteiger partial charge in [0.1, 0.15) is 30.9 Å². The first-order chi connectivity index (χ1) is 14.7. The molecule has 1 aromatic carbocycles. The summed E-state index contributed by atoms with van der Waals surface area (Å²) in [6, 6.07) is 10.5. The van der Waals surface area contributed by atoms with Crippen molar-refractivity contribution in [3.8, 4) is 11.5 Å². The van der Waals surface area contributed by atoms with Gasteiger partial charge in [-0.2, -0.15) is 0 Å². The first-order valence-corrected chi connectivity index (χ1v) is 9.35. The molecule has 0 saturated carbocycles. The minimum Gasteiger partial charge on any atom is -0.486 e. The lowest BCUT2D eigenvalue weighted by molar-refractivity contribution is 0.0944. The van der Waals surface area contributed by atoms with Crippen molar-refractivity contribution in [3.05, 3.63) is 77.6 Å². The summed E-state index contributed by atoms with van der Waals surface area (Å²) in [5.74, 6) is 0.535. The van der Waals surface area contributed by atoms with Crippen LogP contribution in [0.15, 0.2) is 55.1 Å². The van der Waals surface area contributed by atoms with Gasteiger partial charge < -0.3 is 20.1 Å². The van der Waals surface area contributed by atoms with Gasteiger partial charge in [0, 0.05) is 31.5 Å². The molecule has 0 saturated heterocycles. The zero-order chi connectivity index (χ0) is 20.8. The van der Waals surface area contributed by atoms with E-state index in [1.807, 2.05) is 24.3 Å². The molecule has 0 aliphatic carbocycles. The number of rotatable bonds is 6. The lowest BCUT2D eigenvalue weighted by Crippen LogP contribution is -2.27. The van der Waals surface area contributed by atoms with Crippen LogP contribution in [-0.2, 0) is 13.1 Å². The Labute approximate surface area is 172 Å². The molecule has 0 spiro atoms. The van der Waals surface area contributed by atoms with Gasteiger partial charge >= 0.3 is 0 Å². The Kier molecular flexibility index (Phi) is 5.79. The molecule has 9 heteroatoms. The monoisotopic (exact) mass is 405 g/mol. The molecule has 3 aromatic rings. The summed E-state index contributed by atoms with van der Waals surface area (Å²) in [7, 11) is 0. The summed E-state index contributed by atoms with van der Waals surface area (Å²) in [6.07, 6.45) is 4.51. The molecule has 1 aliphatic rings. The van der Waals surface area contributed by atoms with Crippen LogP contribution in [0.4, 0.5) is 0 Å². The number of nitrogens with one attached hydrogen (secondary N) is 2. The Balaban J connectivity index is 1.36. The van der Waals surface area contributed by atoms with Gasteiger partial charge in [-0.15, -0.1) is 0 Å². The molecule has 0 radical (unpaired) electrons. The second-order valence-electron chi connectivity index (χ2n) is 6.49. The normalized spacial score (nSPS) is 12.1. The van der Waals surface area contributed by atoms with E-state index in [1.165, 1.54) is 12.4 Å². The van der Waals surface area contributed by atoms with Gasteiger partial charge in [-0.3, -0.25) is 14.6 Å². The fourth-order valence-corrected chi connectivity index (χ4v) is 2.85. The van der Waals surface area contributed by atoms with Crippen molar-refractivity contribution in [1.29, 1.82) is 0 Å². The predicted octanol–water partition coefficient (Wildman–Crippen LogP) is 1.50. The fourth-order valence-electron chi connectivity index (χ4n) is 2.85. The molecule has 2 aromatic heterocycles. The average Bonchev–Trinajstić information content (AvgIpc) is 2.81. The molecule has 2 amide bonds. The molecule has 0 unspecified atom stereocenters. The molecule has 2 N–H and O–H groups in total. The van der Waals surface area contributed by atoms with Gasteiger partial charge in [0.25, 0.3) is 11.8 Å². The summed E-state index contributed by atoms with van der Waals surface area (Å²) in [5, 5.41) is 5.52. The zero-order valence-electron chi connectivity index (χ0n) is 16.0. The molecule has 0 bridgehead atoms. The average molecular weight is 405 g/mol. The summed E-state index contributed by atoms with van der Waals surface area (Å²) in [5.41, 5.74) is 1.93. The second kappa shape index (κ2) is 8.99. The number of benzene rings is 1. The van der Waals surface area contributed by atoms with Crippen molar-refractivity contribution in [2.75, 3.05) is 13.2 Å². The second-order valence-corrected chi connectivity index (χ2v) is 6.49. The van der Waals surface area contributed by atoms with Gasteiger partial charge in [-0.05, 0) is 29.3 Å². The lowest BCUT2D eigenvalue weighted by atomic mass is 10.2. The molecule has 152 valence electrons. The highest BCUT2D eigenvalue weighted by atomic mass is 16.6. The highest BCUT2D eigenvalue weighted by Crippen LogP contribution is 2.30. The maximum absolute atomic E-state index is 12.5. The Morgan fingerprint density at radius 1 is 0.867 bits per heavy atom. The standard InChI is InChI=1S/C21H19N5O4/c27-20(23-11-14-3-4-18-19(8-14)30-7-6-29-18)16-9-17(26-13-25-16)21(28)24-12-15-2-1-5-22-10-15/h1-5,8-10,13H,6-7,11-12H2,(H,23,27)(H,24,28). The first-order valence-electron chi connectivity index (χ1n) is 9.35.